The molecule has 1 saturated carbocycles. The number of fused-ring (bicyclic) bond motifs is 2. The van der Waals surface area contributed by atoms with Gasteiger partial charge in [0.25, 0.3) is 0 Å². The molecule has 7 heteroatoms. The third-order valence-corrected chi connectivity index (χ3v) is 9.49. The van der Waals surface area contributed by atoms with E-state index in [-0.39, 0.29) is 5.92 Å². The van der Waals surface area contributed by atoms with Crippen molar-refractivity contribution >= 4 is 28.9 Å². The summed E-state index contributed by atoms with van der Waals surface area (Å²) in [5.74, 6) is 1.20. The third-order valence-electron chi connectivity index (χ3n) is 7.91. The molecule has 5 nitrogen and oxygen atoms in total. The fraction of sp³-hybridized carbons (Fsp3) is 0.560. The van der Waals surface area contributed by atoms with Crippen molar-refractivity contribution in [2.24, 2.45) is 17.8 Å². The van der Waals surface area contributed by atoms with Gasteiger partial charge in [-0.05, 0) is 63.0 Å². The van der Waals surface area contributed by atoms with E-state index in [0.29, 0.717) is 11.8 Å². The highest BCUT2D eigenvalue weighted by Crippen LogP contribution is 2.61. The van der Waals surface area contributed by atoms with Crippen molar-refractivity contribution in [1.82, 2.24) is 4.98 Å². The highest BCUT2D eigenvalue weighted by Gasteiger charge is 2.68. The number of nitrogens with zero attached hydrogens (tertiary/aromatic N) is 1. The molecular weight excluding hydrogens is 442 g/mol. The fourth-order valence-electron chi connectivity index (χ4n) is 6.11. The first kappa shape index (κ1) is 21.2. The van der Waals surface area contributed by atoms with Crippen LogP contribution in [-0.2, 0) is 19.2 Å². The van der Waals surface area contributed by atoms with Crippen LogP contribution < -0.4 is 0 Å². The smallest absolute Gasteiger partial charge is 0.236 e. The summed E-state index contributed by atoms with van der Waals surface area (Å²) in [7, 11) is 0. The molecule has 0 amide bonds. The number of hydrogen-bond acceptors (Lipinski definition) is 7. The second-order valence-corrected chi connectivity index (χ2v) is 11.5. The maximum atomic E-state index is 6.63. The predicted molar refractivity (Wildman–Crippen MR) is 126 cm³/mol. The second-order valence-electron chi connectivity index (χ2n) is 9.75. The van der Waals surface area contributed by atoms with Crippen LogP contribution in [0.3, 0.4) is 0 Å². The minimum atomic E-state index is -0.763. The summed E-state index contributed by atoms with van der Waals surface area (Å²) < 4.78 is 13.1. The van der Waals surface area contributed by atoms with Crippen LogP contribution in [0.1, 0.15) is 51.5 Å². The lowest BCUT2D eigenvalue weighted by atomic mass is 9.59. The summed E-state index contributed by atoms with van der Waals surface area (Å²) in [6.45, 7) is 6.47. The van der Waals surface area contributed by atoms with Crippen LogP contribution in [0.5, 0.6) is 0 Å². The highest BCUT2D eigenvalue weighted by molar-refractivity contribution is 7.98. The molecule has 2 bridgehead atoms. The molecule has 0 unspecified atom stereocenters. The zero-order valence-electron chi connectivity index (χ0n) is 18.9. The summed E-state index contributed by atoms with van der Waals surface area (Å²) in [6, 6.07) is 8.55. The maximum absolute atomic E-state index is 6.63. The van der Waals surface area contributed by atoms with E-state index in [4.69, 9.17) is 24.2 Å². The lowest BCUT2D eigenvalue weighted by Crippen LogP contribution is -2.66. The van der Waals surface area contributed by atoms with Crippen LogP contribution in [0.15, 0.2) is 40.1 Å². The average Bonchev–Trinajstić information content (AvgIpc) is 3.18. The van der Waals surface area contributed by atoms with Gasteiger partial charge in [-0.3, -0.25) is 0 Å². The zero-order chi connectivity index (χ0) is 22.1. The first-order chi connectivity index (χ1) is 15.4. The van der Waals surface area contributed by atoms with Gasteiger partial charge in [-0.15, -0.1) is 23.1 Å². The van der Waals surface area contributed by atoms with Gasteiger partial charge in [0, 0.05) is 34.1 Å². The Bertz CT molecular complexity index is 1070. The topological polar surface area (TPSA) is 49.8 Å². The summed E-state index contributed by atoms with van der Waals surface area (Å²) in [5.41, 5.74) is 2.73. The molecule has 5 aliphatic rings. The lowest BCUT2D eigenvalue weighted by Gasteiger charge is -2.57. The fourth-order valence-corrected chi connectivity index (χ4v) is 7.39. The van der Waals surface area contributed by atoms with E-state index in [1.54, 1.807) is 23.1 Å². The summed E-state index contributed by atoms with van der Waals surface area (Å²) >= 11 is 3.38. The number of thioether (sulfide) groups is 1. The molecule has 1 aromatic carbocycles. The second kappa shape index (κ2) is 7.57. The zero-order valence-corrected chi connectivity index (χ0v) is 20.6. The van der Waals surface area contributed by atoms with Crippen molar-refractivity contribution in [3.8, 4) is 11.3 Å². The number of rotatable bonds is 3. The molecule has 6 atom stereocenters. The van der Waals surface area contributed by atoms with Crippen molar-refractivity contribution in [3.05, 3.63) is 40.2 Å². The van der Waals surface area contributed by atoms with Crippen molar-refractivity contribution in [2.75, 3.05) is 6.26 Å². The number of ether oxygens (including phenoxy) is 2. The van der Waals surface area contributed by atoms with Gasteiger partial charge < -0.3 is 9.47 Å². The lowest BCUT2D eigenvalue weighted by molar-refractivity contribution is -0.553. The van der Waals surface area contributed by atoms with Crippen molar-refractivity contribution in [1.29, 1.82) is 0 Å². The molecule has 5 heterocycles. The number of benzene rings is 1. The van der Waals surface area contributed by atoms with Gasteiger partial charge in [-0.1, -0.05) is 19.1 Å². The van der Waals surface area contributed by atoms with Gasteiger partial charge in [-0.25, -0.2) is 14.8 Å². The number of thiazole rings is 1. The van der Waals surface area contributed by atoms with Gasteiger partial charge in [0.15, 0.2) is 16.4 Å². The van der Waals surface area contributed by atoms with Gasteiger partial charge >= 0.3 is 0 Å². The number of hydrogen-bond donors (Lipinski definition) is 0. The van der Waals surface area contributed by atoms with E-state index < -0.39 is 17.7 Å². The van der Waals surface area contributed by atoms with Crippen LogP contribution in [0, 0.1) is 17.8 Å². The Kier molecular flexibility index (Phi) is 5.01. The molecular formula is C25H29NO4S2. The SMILES string of the molecule is CSc1ccc(-c2csc(C3=C(C)[C@@H]4CC[C@@H](C)[C@@H]5CC[C@@]6(C)OO[C@@]45[C@H](O3)O6)n2)cc1. The summed E-state index contributed by atoms with van der Waals surface area (Å²) in [4.78, 5) is 18.4. The standard InChI is InChI=1S/C25H29NO4S2/c1-14-5-10-19-15(2)21(22-26-20(13-32-22)16-6-8-17(31-4)9-7-16)27-23-25(19)18(14)11-12-24(3,28-23)29-30-25/h6-9,13-14,18-19,23H,5,10-12H2,1-4H3/t14-,18+,19+,23-,24-,25-/m1/s1. The minimum absolute atomic E-state index is 0.202. The van der Waals surface area contributed by atoms with E-state index in [1.165, 1.54) is 16.9 Å². The third kappa shape index (κ3) is 3.05. The van der Waals surface area contributed by atoms with Crippen LogP contribution in [0.4, 0.5) is 0 Å². The molecule has 1 spiro atoms. The summed E-state index contributed by atoms with van der Waals surface area (Å²) in [5, 5.41) is 3.02. The van der Waals surface area contributed by atoms with E-state index in [0.717, 1.165) is 41.3 Å². The molecule has 3 saturated heterocycles. The first-order valence-corrected chi connectivity index (χ1v) is 13.6. The van der Waals surface area contributed by atoms with Crippen LogP contribution in [0.2, 0.25) is 0 Å². The van der Waals surface area contributed by atoms with Gasteiger partial charge in [-0.2, -0.15) is 0 Å². The molecule has 0 N–H and O–H groups in total. The maximum Gasteiger partial charge on any atom is 0.236 e. The van der Waals surface area contributed by atoms with Crippen LogP contribution >= 0.6 is 23.1 Å². The molecule has 1 aliphatic carbocycles. The minimum Gasteiger partial charge on any atom is -0.458 e. The summed E-state index contributed by atoms with van der Waals surface area (Å²) in [6.07, 6.45) is 5.69. The van der Waals surface area contributed by atoms with E-state index >= 15 is 0 Å². The van der Waals surface area contributed by atoms with Crippen molar-refractivity contribution < 1.29 is 19.2 Å². The van der Waals surface area contributed by atoms with Gasteiger partial charge in [0.2, 0.25) is 12.1 Å². The van der Waals surface area contributed by atoms with Crippen LogP contribution in [0.25, 0.3) is 17.0 Å². The molecule has 7 rings (SSSR count). The molecule has 0 radical (unpaired) electrons. The molecule has 4 aliphatic heterocycles. The Labute approximate surface area is 197 Å². The molecule has 4 fully saturated rings. The number of aromatic nitrogens is 1. The average molecular weight is 472 g/mol. The van der Waals surface area contributed by atoms with E-state index in [1.807, 2.05) is 6.92 Å². The van der Waals surface area contributed by atoms with Crippen molar-refractivity contribution in [3.63, 3.8) is 0 Å². The first-order valence-electron chi connectivity index (χ1n) is 11.5. The van der Waals surface area contributed by atoms with E-state index in [9.17, 15) is 0 Å². The highest BCUT2D eigenvalue weighted by atomic mass is 32.2. The molecule has 2 aromatic rings. The Hall–Kier alpha value is -1.38. The Morgan fingerprint density at radius 1 is 1.12 bits per heavy atom. The normalized spacial score (nSPS) is 38.2. The van der Waals surface area contributed by atoms with Crippen molar-refractivity contribution in [2.45, 2.75) is 69.0 Å². The molecule has 1 aromatic heterocycles. The van der Waals surface area contributed by atoms with Gasteiger partial charge in [0.05, 0.1) is 5.69 Å². The Morgan fingerprint density at radius 2 is 1.94 bits per heavy atom. The van der Waals surface area contributed by atoms with Gasteiger partial charge in [0.1, 0.15) is 0 Å². The quantitative estimate of drug-likeness (QED) is 0.376. The van der Waals surface area contributed by atoms with Crippen LogP contribution in [-0.4, -0.2) is 28.9 Å². The predicted octanol–water partition coefficient (Wildman–Crippen LogP) is 6.51. The monoisotopic (exact) mass is 471 g/mol. The molecule has 170 valence electrons. The van der Waals surface area contributed by atoms with E-state index in [2.05, 4.69) is 49.7 Å². The Balaban J connectivity index is 1.39. The molecule has 32 heavy (non-hydrogen) atoms. The Morgan fingerprint density at radius 3 is 2.72 bits per heavy atom. The largest absolute Gasteiger partial charge is 0.458 e.